The monoisotopic (exact) mass is 331 g/mol. The van der Waals surface area contributed by atoms with Gasteiger partial charge in [-0.3, -0.25) is 9.78 Å². The summed E-state index contributed by atoms with van der Waals surface area (Å²) in [4.78, 5) is 22.6. The number of amides is 1. The van der Waals surface area contributed by atoms with Crippen LogP contribution in [0.1, 0.15) is 21.4 Å². The van der Waals surface area contributed by atoms with Crippen molar-refractivity contribution in [3.8, 4) is 11.5 Å². The van der Waals surface area contributed by atoms with Gasteiger partial charge in [-0.15, -0.1) is 11.8 Å². The van der Waals surface area contributed by atoms with Gasteiger partial charge >= 0.3 is 0 Å². The van der Waals surface area contributed by atoms with Gasteiger partial charge in [-0.25, -0.2) is 4.98 Å². The van der Waals surface area contributed by atoms with Crippen molar-refractivity contribution in [3.63, 3.8) is 0 Å². The van der Waals surface area contributed by atoms with Crippen LogP contribution in [0.4, 0.5) is 0 Å². The maximum atomic E-state index is 12.7. The summed E-state index contributed by atoms with van der Waals surface area (Å²) in [5.74, 6) is 2.21. The number of hydrogen-bond donors (Lipinski definition) is 0. The molecular weight excluding hydrogens is 314 g/mol. The molecule has 1 unspecified atom stereocenters. The van der Waals surface area contributed by atoms with Crippen LogP contribution in [0.25, 0.3) is 0 Å². The number of nitrogens with zero attached hydrogens (tertiary/aromatic N) is 3. The number of benzene rings is 1. The van der Waals surface area contributed by atoms with E-state index in [-0.39, 0.29) is 11.3 Å². The quantitative estimate of drug-likeness (QED) is 0.857. The summed E-state index contributed by atoms with van der Waals surface area (Å²) in [5.41, 5.74) is 1.27. The first-order chi connectivity index (χ1) is 11.2. The number of carbonyl (C=O) groups is 1. The van der Waals surface area contributed by atoms with Crippen molar-refractivity contribution in [1.82, 2.24) is 14.9 Å². The maximum absolute atomic E-state index is 12.7. The summed E-state index contributed by atoms with van der Waals surface area (Å²) < 4.78 is 10.8. The van der Waals surface area contributed by atoms with Gasteiger partial charge in [-0.2, -0.15) is 0 Å². The molecule has 0 saturated carbocycles. The highest BCUT2D eigenvalue weighted by molar-refractivity contribution is 7.99. The van der Waals surface area contributed by atoms with E-state index in [2.05, 4.69) is 9.97 Å². The molecule has 1 saturated heterocycles. The molecule has 0 radical (unpaired) electrons. The number of hydrogen-bond acceptors (Lipinski definition) is 6. The topological polar surface area (TPSA) is 64.6 Å². The van der Waals surface area contributed by atoms with E-state index in [4.69, 9.17) is 9.47 Å². The van der Waals surface area contributed by atoms with Gasteiger partial charge in [0.05, 0.1) is 20.4 Å². The molecule has 120 valence electrons. The summed E-state index contributed by atoms with van der Waals surface area (Å²) in [7, 11) is 3.25. The molecule has 0 spiro atoms. The summed E-state index contributed by atoms with van der Waals surface area (Å²) in [6, 6.07) is 5.62. The van der Waals surface area contributed by atoms with E-state index in [0.717, 1.165) is 22.8 Å². The fourth-order valence-corrected chi connectivity index (χ4v) is 3.79. The lowest BCUT2D eigenvalue weighted by atomic mass is 10.1. The minimum Gasteiger partial charge on any atom is -0.497 e. The lowest BCUT2D eigenvalue weighted by Gasteiger charge is -2.25. The lowest BCUT2D eigenvalue weighted by molar-refractivity contribution is 0.0752. The molecule has 2 aromatic rings. The third kappa shape index (κ3) is 3.10. The molecule has 1 aliphatic rings. The summed E-state index contributed by atoms with van der Waals surface area (Å²) in [6.45, 7) is 0.658. The number of aromatic nitrogens is 2. The third-order valence-corrected chi connectivity index (χ3v) is 4.88. The van der Waals surface area contributed by atoms with Gasteiger partial charge in [0.15, 0.2) is 0 Å². The van der Waals surface area contributed by atoms with E-state index >= 15 is 0 Å². The Morgan fingerprint density at radius 1 is 1.30 bits per heavy atom. The number of ether oxygens (including phenoxy) is 2. The van der Waals surface area contributed by atoms with E-state index in [1.807, 2.05) is 18.2 Å². The number of rotatable bonds is 4. The smallest absolute Gasteiger partial charge is 0.275 e. The highest BCUT2D eigenvalue weighted by atomic mass is 32.2. The van der Waals surface area contributed by atoms with Gasteiger partial charge < -0.3 is 14.4 Å². The average Bonchev–Trinajstić information content (AvgIpc) is 3.10. The fourth-order valence-electron chi connectivity index (χ4n) is 2.52. The Bertz CT molecular complexity index is 696. The molecule has 0 bridgehead atoms. The highest BCUT2D eigenvalue weighted by Crippen LogP contribution is 2.43. The molecule has 1 fully saturated rings. The fraction of sp³-hybridized carbons (Fsp3) is 0.312. The van der Waals surface area contributed by atoms with Crippen molar-refractivity contribution in [2.45, 2.75) is 5.37 Å². The Kier molecular flexibility index (Phi) is 4.66. The second kappa shape index (κ2) is 6.87. The van der Waals surface area contributed by atoms with Crippen LogP contribution in [0.15, 0.2) is 36.8 Å². The Morgan fingerprint density at radius 2 is 2.17 bits per heavy atom. The van der Waals surface area contributed by atoms with Crippen LogP contribution >= 0.6 is 11.8 Å². The lowest BCUT2D eigenvalue weighted by Crippen LogP contribution is -2.31. The largest absolute Gasteiger partial charge is 0.497 e. The van der Waals surface area contributed by atoms with Crippen LogP contribution in [0.5, 0.6) is 11.5 Å². The van der Waals surface area contributed by atoms with Crippen LogP contribution in [0.2, 0.25) is 0 Å². The van der Waals surface area contributed by atoms with Gasteiger partial charge in [0, 0.05) is 30.3 Å². The van der Waals surface area contributed by atoms with Crippen LogP contribution in [-0.2, 0) is 0 Å². The molecule has 23 heavy (non-hydrogen) atoms. The summed E-state index contributed by atoms with van der Waals surface area (Å²) in [5, 5.41) is -0.130. The van der Waals surface area contributed by atoms with Crippen molar-refractivity contribution in [2.75, 3.05) is 26.5 Å². The molecule has 0 N–H and O–H groups in total. The van der Waals surface area contributed by atoms with E-state index in [9.17, 15) is 4.79 Å². The van der Waals surface area contributed by atoms with Gasteiger partial charge in [-0.05, 0) is 18.2 Å². The molecule has 1 atom stereocenters. The molecule has 7 heteroatoms. The van der Waals surface area contributed by atoms with Crippen molar-refractivity contribution in [3.05, 3.63) is 48.0 Å². The van der Waals surface area contributed by atoms with E-state index < -0.39 is 0 Å². The first-order valence-electron chi connectivity index (χ1n) is 7.15. The second-order valence-electron chi connectivity index (χ2n) is 4.92. The SMILES string of the molecule is COc1ccc(OC)c(C2SCCN2C(=O)c2cnccn2)c1. The van der Waals surface area contributed by atoms with Gasteiger partial charge in [0.1, 0.15) is 22.6 Å². The first-order valence-corrected chi connectivity index (χ1v) is 8.20. The molecule has 6 nitrogen and oxygen atoms in total. The zero-order valence-corrected chi connectivity index (χ0v) is 13.7. The van der Waals surface area contributed by atoms with Crippen molar-refractivity contribution in [1.29, 1.82) is 0 Å². The van der Waals surface area contributed by atoms with E-state index in [1.54, 1.807) is 37.1 Å². The number of carbonyl (C=O) groups excluding carboxylic acids is 1. The molecule has 2 heterocycles. The van der Waals surface area contributed by atoms with Crippen LogP contribution in [0, 0.1) is 0 Å². The Balaban J connectivity index is 1.94. The predicted molar refractivity (Wildman–Crippen MR) is 87.8 cm³/mol. The molecule has 0 aliphatic carbocycles. The molecule has 1 aliphatic heterocycles. The summed E-state index contributed by atoms with van der Waals surface area (Å²) >= 11 is 1.70. The van der Waals surface area contributed by atoms with E-state index in [0.29, 0.717) is 12.2 Å². The molecule has 3 rings (SSSR count). The molecule has 1 aromatic carbocycles. The molecule has 1 amide bonds. The Hall–Kier alpha value is -2.28. The zero-order chi connectivity index (χ0) is 16.2. The predicted octanol–water partition coefficient (Wildman–Crippen LogP) is 2.38. The summed E-state index contributed by atoms with van der Waals surface area (Å²) in [6.07, 6.45) is 4.57. The van der Waals surface area contributed by atoms with Gasteiger partial charge in [-0.1, -0.05) is 0 Å². The van der Waals surface area contributed by atoms with Crippen molar-refractivity contribution >= 4 is 17.7 Å². The molecular formula is C16H17N3O3S. The van der Waals surface area contributed by atoms with Crippen LogP contribution in [-0.4, -0.2) is 47.3 Å². The average molecular weight is 331 g/mol. The second-order valence-corrected chi connectivity index (χ2v) is 6.11. The van der Waals surface area contributed by atoms with Gasteiger partial charge in [0.2, 0.25) is 0 Å². The first kappa shape index (κ1) is 15.6. The number of methoxy groups -OCH3 is 2. The van der Waals surface area contributed by atoms with Crippen LogP contribution < -0.4 is 9.47 Å². The third-order valence-electron chi connectivity index (χ3n) is 3.64. The van der Waals surface area contributed by atoms with Gasteiger partial charge in [0.25, 0.3) is 5.91 Å². The molecule has 1 aromatic heterocycles. The van der Waals surface area contributed by atoms with Crippen molar-refractivity contribution in [2.24, 2.45) is 0 Å². The maximum Gasteiger partial charge on any atom is 0.275 e. The normalized spacial score (nSPS) is 17.1. The minimum atomic E-state index is -0.130. The Morgan fingerprint density at radius 3 is 2.87 bits per heavy atom. The zero-order valence-electron chi connectivity index (χ0n) is 12.9. The number of thioether (sulfide) groups is 1. The standard InChI is InChI=1S/C16H17N3O3S/c1-21-11-3-4-14(22-2)12(9-11)16-19(7-8-23-16)15(20)13-10-17-5-6-18-13/h3-6,9-10,16H,7-8H2,1-2H3. The van der Waals surface area contributed by atoms with E-state index in [1.165, 1.54) is 12.4 Å². The van der Waals surface area contributed by atoms with Crippen molar-refractivity contribution < 1.29 is 14.3 Å². The highest BCUT2D eigenvalue weighted by Gasteiger charge is 2.34. The minimum absolute atomic E-state index is 0.127. The Labute approximate surface area is 138 Å². The van der Waals surface area contributed by atoms with Crippen LogP contribution in [0.3, 0.4) is 0 Å².